The Morgan fingerprint density at radius 1 is 0.968 bits per heavy atom. The van der Waals surface area contributed by atoms with Crippen molar-refractivity contribution in [1.29, 1.82) is 0 Å². The summed E-state index contributed by atoms with van der Waals surface area (Å²) in [5.74, 6) is -0.657. The molecular formula is C23H19NO6S. The standard InChI is InChI=1S/C23H19NO6S/c1-14-7-10-17(11-8-14)31(27,28)24-15(2)22(25)29-16-9-12-19-18-5-3-4-6-20(18)23(26)30-21(19)13-16/h3-13,15,24H,1-2H3/t15-/m0/s1. The van der Waals surface area contributed by atoms with Crippen LogP contribution in [0.1, 0.15) is 12.5 Å². The van der Waals surface area contributed by atoms with E-state index < -0.39 is 27.7 Å². The third-order valence-corrected chi connectivity index (χ3v) is 6.38. The van der Waals surface area contributed by atoms with E-state index in [1.807, 2.05) is 19.1 Å². The highest BCUT2D eigenvalue weighted by Gasteiger charge is 2.23. The first-order valence-corrected chi connectivity index (χ1v) is 11.0. The van der Waals surface area contributed by atoms with Gasteiger partial charge < -0.3 is 9.15 Å². The lowest BCUT2D eigenvalue weighted by Gasteiger charge is -2.14. The summed E-state index contributed by atoms with van der Waals surface area (Å²) in [4.78, 5) is 24.7. The molecule has 4 rings (SSSR count). The van der Waals surface area contributed by atoms with Gasteiger partial charge in [-0.1, -0.05) is 35.9 Å². The van der Waals surface area contributed by atoms with Crippen LogP contribution in [-0.2, 0) is 14.8 Å². The predicted molar refractivity (Wildman–Crippen MR) is 117 cm³/mol. The van der Waals surface area contributed by atoms with E-state index in [4.69, 9.17) is 9.15 Å². The number of benzene rings is 3. The second kappa shape index (κ2) is 7.98. The summed E-state index contributed by atoms with van der Waals surface area (Å²) in [7, 11) is -3.89. The zero-order chi connectivity index (χ0) is 22.2. The molecule has 0 spiro atoms. The van der Waals surface area contributed by atoms with Gasteiger partial charge in [-0.3, -0.25) is 0 Å². The van der Waals surface area contributed by atoms with Crippen LogP contribution in [0, 0.1) is 6.92 Å². The predicted octanol–water partition coefficient (Wildman–Crippen LogP) is 3.53. The van der Waals surface area contributed by atoms with Crippen LogP contribution < -0.4 is 15.1 Å². The summed E-state index contributed by atoms with van der Waals surface area (Å²) >= 11 is 0. The van der Waals surface area contributed by atoms with Gasteiger partial charge in [-0.15, -0.1) is 0 Å². The zero-order valence-electron chi connectivity index (χ0n) is 16.8. The maximum atomic E-state index is 12.5. The van der Waals surface area contributed by atoms with Gasteiger partial charge in [0.2, 0.25) is 10.0 Å². The molecule has 0 unspecified atom stereocenters. The molecule has 4 aromatic rings. The summed E-state index contributed by atoms with van der Waals surface area (Å²) in [6.45, 7) is 3.24. The summed E-state index contributed by atoms with van der Waals surface area (Å²) in [5, 5.41) is 1.88. The first-order chi connectivity index (χ1) is 14.7. The third-order valence-electron chi connectivity index (χ3n) is 4.83. The first-order valence-electron chi connectivity index (χ1n) is 9.51. The Morgan fingerprint density at radius 2 is 1.65 bits per heavy atom. The highest BCUT2D eigenvalue weighted by molar-refractivity contribution is 7.89. The normalized spacial score (nSPS) is 12.7. The first kappa shape index (κ1) is 20.8. The molecule has 1 aromatic heterocycles. The van der Waals surface area contributed by atoms with Gasteiger partial charge in [0.05, 0.1) is 10.3 Å². The molecule has 0 bridgehead atoms. The Bertz CT molecular complexity index is 1460. The van der Waals surface area contributed by atoms with Crippen molar-refractivity contribution in [2.45, 2.75) is 24.8 Å². The molecule has 0 aliphatic heterocycles. The van der Waals surface area contributed by atoms with Gasteiger partial charge in [-0.2, -0.15) is 4.72 Å². The fourth-order valence-corrected chi connectivity index (χ4v) is 4.39. The molecule has 8 heteroatoms. The number of aryl methyl sites for hydroxylation is 1. The molecule has 0 aliphatic carbocycles. The van der Waals surface area contributed by atoms with Gasteiger partial charge in [0.1, 0.15) is 17.4 Å². The minimum atomic E-state index is -3.89. The van der Waals surface area contributed by atoms with Crippen LogP contribution in [0.15, 0.2) is 80.8 Å². The molecule has 0 amide bonds. The van der Waals surface area contributed by atoms with Crippen LogP contribution in [0.3, 0.4) is 0 Å². The minimum absolute atomic E-state index is 0.0529. The molecule has 3 aromatic carbocycles. The Balaban J connectivity index is 1.55. The third kappa shape index (κ3) is 4.21. The summed E-state index contributed by atoms with van der Waals surface area (Å²) in [5.41, 5.74) is 0.690. The number of carbonyl (C=O) groups excluding carboxylic acids is 1. The molecule has 0 aliphatic rings. The van der Waals surface area contributed by atoms with E-state index in [9.17, 15) is 18.0 Å². The highest BCUT2D eigenvalue weighted by atomic mass is 32.2. The summed E-state index contributed by atoms with van der Waals surface area (Å²) in [6.07, 6.45) is 0. The Labute approximate surface area is 178 Å². The van der Waals surface area contributed by atoms with Gasteiger partial charge in [0.15, 0.2) is 0 Å². The van der Waals surface area contributed by atoms with E-state index in [1.165, 1.54) is 25.1 Å². The van der Waals surface area contributed by atoms with Crippen molar-refractivity contribution < 1.29 is 22.4 Å². The smallest absolute Gasteiger partial charge is 0.344 e. The molecule has 1 heterocycles. The van der Waals surface area contributed by atoms with E-state index in [-0.39, 0.29) is 16.2 Å². The van der Waals surface area contributed by atoms with Crippen LogP contribution >= 0.6 is 0 Å². The molecular weight excluding hydrogens is 418 g/mol. The van der Waals surface area contributed by atoms with E-state index in [0.717, 1.165) is 10.9 Å². The Hall–Kier alpha value is -3.49. The van der Waals surface area contributed by atoms with Crippen LogP contribution in [0.25, 0.3) is 21.7 Å². The number of sulfonamides is 1. The van der Waals surface area contributed by atoms with Crippen molar-refractivity contribution in [1.82, 2.24) is 4.72 Å². The van der Waals surface area contributed by atoms with E-state index >= 15 is 0 Å². The number of fused-ring (bicyclic) bond motifs is 3. The highest BCUT2D eigenvalue weighted by Crippen LogP contribution is 2.26. The van der Waals surface area contributed by atoms with Crippen molar-refractivity contribution >= 4 is 37.7 Å². The molecule has 1 atom stereocenters. The van der Waals surface area contributed by atoms with Gasteiger partial charge in [-0.05, 0) is 49.6 Å². The number of hydrogen-bond donors (Lipinski definition) is 1. The number of esters is 1. The maximum Gasteiger partial charge on any atom is 0.344 e. The molecule has 1 N–H and O–H groups in total. The lowest BCUT2D eigenvalue weighted by Crippen LogP contribution is -2.40. The lowest BCUT2D eigenvalue weighted by molar-refractivity contribution is -0.135. The topological polar surface area (TPSA) is 103 Å². The van der Waals surface area contributed by atoms with Gasteiger partial charge in [-0.25, -0.2) is 18.0 Å². The fraction of sp³-hybridized carbons (Fsp3) is 0.130. The second-order valence-corrected chi connectivity index (χ2v) is 8.88. The van der Waals surface area contributed by atoms with Crippen LogP contribution in [0.2, 0.25) is 0 Å². The average Bonchev–Trinajstić information content (AvgIpc) is 2.74. The van der Waals surface area contributed by atoms with Crippen molar-refractivity contribution in [2.24, 2.45) is 0 Å². The van der Waals surface area contributed by atoms with E-state index in [2.05, 4.69) is 4.72 Å². The number of nitrogens with one attached hydrogen (secondary N) is 1. The number of carbonyl (C=O) groups is 1. The lowest BCUT2D eigenvalue weighted by atomic mass is 10.1. The molecule has 7 nitrogen and oxygen atoms in total. The van der Waals surface area contributed by atoms with Crippen molar-refractivity contribution in [3.63, 3.8) is 0 Å². The van der Waals surface area contributed by atoms with Gasteiger partial charge in [0, 0.05) is 11.5 Å². The number of hydrogen-bond acceptors (Lipinski definition) is 6. The van der Waals surface area contributed by atoms with Crippen LogP contribution in [-0.4, -0.2) is 20.4 Å². The Kier molecular flexibility index (Phi) is 5.34. The van der Waals surface area contributed by atoms with Gasteiger partial charge in [0.25, 0.3) is 0 Å². The number of ether oxygens (including phenoxy) is 1. The van der Waals surface area contributed by atoms with Crippen LogP contribution in [0.5, 0.6) is 5.75 Å². The van der Waals surface area contributed by atoms with Crippen molar-refractivity contribution in [3.05, 3.63) is 82.7 Å². The monoisotopic (exact) mass is 437 g/mol. The van der Waals surface area contributed by atoms with Crippen molar-refractivity contribution in [2.75, 3.05) is 0 Å². The van der Waals surface area contributed by atoms with E-state index in [0.29, 0.717) is 10.8 Å². The second-order valence-electron chi connectivity index (χ2n) is 7.17. The SMILES string of the molecule is Cc1ccc(S(=O)(=O)N[C@@H](C)C(=O)Oc2ccc3c(c2)oc(=O)c2ccccc23)cc1. The average molecular weight is 437 g/mol. The largest absolute Gasteiger partial charge is 0.425 e. The zero-order valence-corrected chi connectivity index (χ0v) is 17.6. The fourth-order valence-electron chi connectivity index (χ4n) is 3.19. The quantitative estimate of drug-likeness (QED) is 0.222. The molecule has 158 valence electrons. The molecule has 0 fully saturated rings. The molecule has 0 radical (unpaired) electrons. The molecule has 0 saturated carbocycles. The van der Waals surface area contributed by atoms with Gasteiger partial charge >= 0.3 is 11.6 Å². The number of rotatable bonds is 5. The van der Waals surface area contributed by atoms with Crippen LogP contribution in [0.4, 0.5) is 0 Å². The molecule has 0 saturated heterocycles. The minimum Gasteiger partial charge on any atom is -0.425 e. The Morgan fingerprint density at radius 3 is 2.35 bits per heavy atom. The summed E-state index contributed by atoms with van der Waals surface area (Å²) < 4.78 is 37.9. The van der Waals surface area contributed by atoms with E-state index in [1.54, 1.807) is 36.4 Å². The molecule has 31 heavy (non-hydrogen) atoms. The van der Waals surface area contributed by atoms with Crippen molar-refractivity contribution in [3.8, 4) is 5.75 Å². The summed E-state index contributed by atoms with van der Waals surface area (Å²) in [6, 6.07) is 16.9. The maximum absolute atomic E-state index is 12.5.